The summed E-state index contributed by atoms with van der Waals surface area (Å²) in [5.74, 6) is -0.680. The second kappa shape index (κ2) is 6.62. The molecule has 1 aromatic heterocycles. The van der Waals surface area contributed by atoms with E-state index in [0.717, 1.165) is 0 Å². The summed E-state index contributed by atoms with van der Waals surface area (Å²) in [6.45, 7) is 1.88. The maximum absolute atomic E-state index is 11.3. The number of pyridine rings is 1. The number of nitriles is 1. The zero-order chi connectivity index (χ0) is 13.5. The summed E-state index contributed by atoms with van der Waals surface area (Å²) in [7, 11) is 1.76. The number of esters is 1. The van der Waals surface area contributed by atoms with Gasteiger partial charge in [-0.3, -0.25) is 0 Å². The van der Waals surface area contributed by atoms with Crippen LogP contribution in [-0.2, 0) is 16.6 Å². The summed E-state index contributed by atoms with van der Waals surface area (Å²) >= 11 is 5.79. The van der Waals surface area contributed by atoms with Crippen molar-refractivity contribution < 1.29 is 9.53 Å². The van der Waals surface area contributed by atoms with Gasteiger partial charge in [-0.1, -0.05) is 11.6 Å². The van der Waals surface area contributed by atoms with Gasteiger partial charge in [0.2, 0.25) is 0 Å². The van der Waals surface area contributed by atoms with Gasteiger partial charge in [0.25, 0.3) is 0 Å². The van der Waals surface area contributed by atoms with Gasteiger partial charge in [-0.05, 0) is 19.1 Å². The Bertz CT molecular complexity index is 582. The largest absolute Gasteiger partial charge is 0.462 e. The second-order valence-corrected chi connectivity index (χ2v) is 3.76. The Morgan fingerprint density at radius 1 is 1.67 bits per heavy atom. The van der Waals surface area contributed by atoms with Crippen LogP contribution in [0.4, 0.5) is 0 Å². The lowest BCUT2D eigenvalue weighted by atomic mass is 10.3. The number of ether oxygens (including phenoxy) is 1. The molecule has 5 nitrogen and oxygen atoms in total. The normalized spacial score (nSPS) is 12.1. The molecule has 0 aliphatic carbocycles. The third-order valence-electron chi connectivity index (χ3n) is 2.01. The van der Waals surface area contributed by atoms with E-state index in [9.17, 15) is 4.79 Å². The quantitative estimate of drug-likeness (QED) is 0.473. The van der Waals surface area contributed by atoms with Gasteiger partial charge in [0, 0.05) is 13.2 Å². The Balaban J connectivity index is 3.09. The van der Waals surface area contributed by atoms with Gasteiger partial charge in [0.05, 0.1) is 17.8 Å². The summed E-state index contributed by atoms with van der Waals surface area (Å²) in [5, 5.41) is 9.38. The van der Waals surface area contributed by atoms with E-state index in [1.165, 1.54) is 6.20 Å². The molecule has 1 aromatic rings. The maximum atomic E-state index is 11.3. The van der Waals surface area contributed by atoms with Crippen LogP contribution in [0.3, 0.4) is 0 Å². The van der Waals surface area contributed by atoms with Crippen molar-refractivity contribution in [1.29, 1.82) is 5.26 Å². The molecule has 6 heteroatoms. The van der Waals surface area contributed by atoms with Crippen molar-refractivity contribution in [2.45, 2.75) is 6.92 Å². The highest BCUT2D eigenvalue weighted by Gasteiger charge is 2.08. The van der Waals surface area contributed by atoms with Crippen molar-refractivity contribution in [3.05, 3.63) is 40.6 Å². The van der Waals surface area contributed by atoms with Crippen molar-refractivity contribution in [1.82, 2.24) is 4.57 Å². The molecule has 0 atom stereocenters. The molecule has 0 bridgehead atoms. The molecule has 0 saturated heterocycles. The van der Waals surface area contributed by atoms with Crippen molar-refractivity contribution in [3.8, 4) is 6.07 Å². The van der Waals surface area contributed by atoms with E-state index in [-0.39, 0.29) is 12.2 Å². The van der Waals surface area contributed by atoms with E-state index in [2.05, 4.69) is 4.99 Å². The highest BCUT2D eigenvalue weighted by molar-refractivity contribution is 6.30. The Morgan fingerprint density at radius 3 is 2.94 bits per heavy atom. The molecule has 0 aromatic carbocycles. The van der Waals surface area contributed by atoms with Gasteiger partial charge in [0.1, 0.15) is 11.6 Å². The smallest absolute Gasteiger partial charge is 0.350 e. The van der Waals surface area contributed by atoms with Gasteiger partial charge in [-0.15, -0.1) is 0 Å². The van der Waals surface area contributed by atoms with Crippen LogP contribution in [0, 0.1) is 11.3 Å². The lowest BCUT2D eigenvalue weighted by molar-refractivity contribution is -0.138. The molecule has 1 rings (SSSR count). The monoisotopic (exact) mass is 265 g/mol. The van der Waals surface area contributed by atoms with Crippen LogP contribution in [0.5, 0.6) is 0 Å². The predicted octanol–water partition coefficient (Wildman–Crippen LogP) is 1.55. The van der Waals surface area contributed by atoms with Gasteiger partial charge in [0.15, 0.2) is 5.57 Å². The number of nitrogens with zero attached hydrogens (tertiary/aromatic N) is 3. The highest BCUT2D eigenvalue weighted by atomic mass is 35.5. The molecule has 0 radical (unpaired) electrons. The number of aryl methyl sites for hydroxylation is 1. The summed E-state index contributed by atoms with van der Waals surface area (Å²) in [4.78, 5) is 15.4. The number of carbonyl (C=O) groups excluding carboxylic acids is 1. The molecule has 0 spiro atoms. The van der Waals surface area contributed by atoms with Gasteiger partial charge >= 0.3 is 5.97 Å². The third-order valence-corrected chi connectivity index (χ3v) is 2.24. The van der Waals surface area contributed by atoms with E-state index in [1.807, 2.05) is 0 Å². The van der Waals surface area contributed by atoms with Crippen LogP contribution in [0.2, 0.25) is 5.02 Å². The van der Waals surface area contributed by atoms with Gasteiger partial charge in [-0.2, -0.15) is 5.26 Å². The molecule has 0 amide bonds. The molecular weight excluding hydrogens is 254 g/mol. The van der Waals surface area contributed by atoms with Crippen LogP contribution in [0.1, 0.15) is 6.92 Å². The molecule has 0 unspecified atom stereocenters. The zero-order valence-corrected chi connectivity index (χ0v) is 10.8. The first-order valence-corrected chi connectivity index (χ1v) is 5.59. The first-order chi connectivity index (χ1) is 8.58. The van der Waals surface area contributed by atoms with Crippen LogP contribution in [0.15, 0.2) is 35.1 Å². The average molecular weight is 266 g/mol. The standard InChI is InChI=1S/C12H12ClN3O2/c1-3-18-12(17)9(6-14)7-15-11-5-4-10(13)8-16(11)2/h4-5,7-8H,3H2,1-2H3/b9-7+,15-11?. The molecule has 0 saturated carbocycles. The van der Waals surface area contributed by atoms with E-state index < -0.39 is 5.97 Å². The van der Waals surface area contributed by atoms with Crippen molar-refractivity contribution in [3.63, 3.8) is 0 Å². The fourth-order valence-corrected chi connectivity index (χ4v) is 1.38. The molecule has 1 heterocycles. The average Bonchev–Trinajstić information content (AvgIpc) is 2.32. The Morgan fingerprint density at radius 2 is 2.39 bits per heavy atom. The number of rotatable bonds is 3. The zero-order valence-electron chi connectivity index (χ0n) is 10.1. The summed E-state index contributed by atoms with van der Waals surface area (Å²) in [5.41, 5.74) is 0.420. The summed E-state index contributed by atoms with van der Waals surface area (Å²) in [6.07, 6.45) is 2.85. The van der Waals surface area contributed by atoms with E-state index in [0.29, 0.717) is 10.5 Å². The van der Waals surface area contributed by atoms with Gasteiger partial charge in [-0.25, -0.2) is 9.79 Å². The predicted molar refractivity (Wildman–Crippen MR) is 66.3 cm³/mol. The van der Waals surface area contributed by atoms with Crippen LogP contribution < -0.4 is 5.49 Å². The number of hydrogen-bond acceptors (Lipinski definition) is 4. The minimum Gasteiger partial charge on any atom is -0.462 e. The number of aromatic nitrogens is 1. The summed E-state index contributed by atoms with van der Waals surface area (Å²) in [6, 6.07) is 5.10. The minimum atomic E-state index is -0.680. The number of hydrogen-bond donors (Lipinski definition) is 0. The van der Waals surface area contributed by atoms with E-state index >= 15 is 0 Å². The number of carbonyl (C=O) groups is 1. The molecule has 18 heavy (non-hydrogen) atoms. The second-order valence-electron chi connectivity index (χ2n) is 3.32. The van der Waals surface area contributed by atoms with Crippen LogP contribution in [0.25, 0.3) is 0 Å². The van der Waals surface area contributed by atoms with E-state index in [1.54, 1.807) is 42.9 Å². The third kappa shape index (κ3) is 3.75. The van der Waals surface area contributed by atoms with Crippen molar-refractivity contribution >= 4 is 17.6 Å². The topological polar surface area (TPSA) is 67.4 Å². The highest BCUT2D eigenvalue weighted by Crippen LogP contribution is 2.02. The maximum Gasteiger partial charge on any atom is 0.350 e. The lowest BCUT2D eigenvalue weighted by Crippen LogP contribution is -2.16. The summed E-state index contributed by atoms with van der Waals surface area (Å²) < 4.78 is 6.39. The molecular formula is C12H12ClN3O2. The Labute approximate surface area is 110 Å². The lowest BCUT2D eigenvalue weighted by Gasteiger charge is -1.99. The fraction of sp³-hybridized carbons (Fsp3) is 0.250. The van der Waals surface area contributed by atoms with E-state index in [4.69, 9.17) is 21.6 Å². The molecule has 0 aliphatic heterocycles. The molecule has 0 aliphatic rings. The fourth-order valence-electron chi connectivity index (χ4n) is 1.17. The van der Waals surface area contributed by atoms with Crippen LogP contribution >= 0.6 is 11.6 Å². The molecule has 0 fully saturated rings. The van der Waals surface area contributed by atoms with Crippen LogP contribution in [-0.4, -0.2) is 17.1 Å². The number of halogens is 1. The minimum absolute atomic E-state index is 0.146. The molecule has 94 valence electrons. The van der Waals surface area contributed by atoms with Crippen molar-refractivity contribution in [2.75, 3.05) is 6.61 Å². The molecule has 0 N–H and O–H groups in total. The van der Waals surface area contributed by atoms with Gasteiger partial charge < -0.3 is 9.30 Å². The SMILES string of the molecule is CCOC(=O)/C(C#N)=C/N=c1ccc(Cl)cn1C. The first kappa shape index (κ1) is 14.0. The Kier molecular flexibility index (Phi) is 5.15. The van der Waals surface area contributed by atoms with Crippen molar-refractivity contribution in [2.24, 2.45) is 12.0 Å². The first-order valence-electron chi connectivity index (χ1n) is 5.22. The Hall–Kier alpha value is -2.06.